The van der Waals surface area contributed by atoms with Crippen molar-refractivity contribution in [2.24, 2.45) is 5.92 Å². The Morgan fingerprint density at radius 1 is 1.11 bits per heavy atom. The lowest BCUT2D eigenvalue weighted by Gasteiger charge is -2.28. The van der Waals surface area contributed by atoms with Crippen molar-refractivity contribution in [3.05, 3.63) is 53.7 Å². The van der Waals surface area contributed by atoms with Crippen molar-refractivity contribution >= 4 is 34.7 Å². The number of amides is 2. The molecule has 3 heterocycles. The Balaban J connectivity index is 1.32. The van der Waals surface area contributed by atoms with Crippen LogP contribution in [0.2, 0.25) is 5.02 Å². The van der Waals surface area contributed by atoms with Crippen LogP contribution in [0, 0.1) is 5.92 Å². The number of rotatable bonds is 4. The molecule has 4 rings (SSSR count). The summed E-state index contributed by atoms with van der Waals surface area (Å²) in [7, 11) is 0. The molecule has 3 aromatic heterocycles. The smallest absolute Gasteiger partial charge is 0.271 e. The lowest BCUT2D eigenvalue weighted by atomic mass is 9.85. The van der Waals surface area contributed by atoms with Crippen LogP contribution in [-0.4, -0.2) is 37.4 Å². The summed E-state index contributed by atoms with van der Waals surface area (Å²) in [4.78, 5) is 33.1. The van der Waals surface area contributed by atoms with Crippen molar-refractivity contribution in [1.82, 2.24) is 24.9 Å². The second kappa shape index (κ2) is 7.93. The number of hydrogen-bond acceptors (Lipinski definition) is 5. The molecule has 0 atom stereocenters. The van der Waals surface area contributed by atoms with E-state index < -0.39 is 0 Å². The Labute approximate surface area is 166 Å². The van der Waals surface area contributed by atoms with Gasteiger partial charge in [0.2, 0.25) is 5.91 Å². The predicted octanol–water partition coefficient (Wildman–Crippen LogP) is 2.71. The van der Waals surface area contributed by atoms with Gasteiger partial charge in [0.1, 0.15) is 5.69 Å². The molecule has 144 valence electrons. The Morgan fingerprint density at radius 3 is 2.71 bits per heavy atom. The number of carbonyl (C=O) groups is 2. The maximum absolute atomic E-state index is 12.6. The summed E-state index contributed by atoms with van der Waals surface area (Å²) in [6.45, 7) is 0. The van der Waals surface area contributed by atoms with Gasteiger partial charge in [0, 0.05) is 30.6 Å². The van der Waals surface area contributed by atoms with Gasteiger partial charge in [-0.15, -0.1) is 0 Å². The van der Waals surface area contributed by atoms with Crippen LogP contribution in [0.1, 0.15) is 36.2 Å². The number of imidazole rings is 1. The maximum Gasteiger partial charge on any atom is 0.271 e. The minimum absolute atomic E-state index is 0.0234. The third-order valence-electron chi connectivity index (χ3n) is 4.97. The number of nitrogens with one attached hydrogen (secondary N) is 2. The molecule has 0 aromatic carbocycles. The number of halogens is 1. The molecular weight excluding hydrogens is 380 g/mol. The molecule has 0 radical (unpaired) electrons. The molecule has 1 aliphatic rings. The molecule has 2 N–H and O–H groups in total. The second-order valence-electron chi connectivity index (χ2n) is 6.80. The average Bonchev–Trinajstić information content (AvgIpc) is 3.14. The third kappa shape index (κ3) is 3.82. The first-order valence-electron chi connectivity index (χ1n) is 9.12. The molecule has 3 aromatic rings. The molecule has 1 aliphatic carbocycles. The summed E-state index contributed by atoms with van der Waals surface area (Å²) in [5, 5.41) is 10.5. The van der Waals surface area contributed by atoms with Crippen molar-refractivity contribution < 1.29 is 9.59 Å². The Kier molecular flexibility index (Phi) is 5.21. The zero-order chi connectivity index (χ0) is 19.5. The minimum Gasteiger partial charge on any atom is -0.348 e. The first kappa shape index (κ1) is 18.4. The highest BCUT2D eigenvalue weighted by molar-refractivity contribution is 6.33. The largest absolute Gasteiger partial charge is 0.348 e. The highest BCUT2D eigenvalue weighted by Gasteiger charge is 2.28. The van der Waals surface area contributed by atoms with E-state index >= 15 is 0 Å². The average molecular weight is 399 g/mol. The fraction of sp³-hybridized carbons (Fsp3) is 0.316. The van der Waals surface area contributed by atoms with Gasteiger partial charge in [-0.05, 0) is 43.9 Å². The van der Waals surface area contributed by atoms with Crippen molar-refractivity contribution in [3.8, 4) is 0 Å². The monoisotopic (exact) mass is 398 g/mol. The highest BCUT2D eigenvalue weighted by atomic mass is 35.5. The fourth-order valence-corrected chi connectivity index (χ4v) is 3.62. The lowest BCUT2D eigenvalue weighted by Crippen LogP contribution is -2.40. The van der Waals surface area contributed by atoms with Gasteiger partial charge in [-0.25, -0.2) is 9.50 Å². The number of hydrogen-bond donors (Lipinski definition) is 2. The van der Waals surface area contributed by atoms with Gasteiger partial charge in [-0.1, -0.05) is 11.6 Å². The zero-order valence-corrected chi connectivity index (χ0v) is 15.8. The van der Waals surface area contributed by atoms with Crippen LogP contribution in [0.15, 0.2) is 43.0 Å². The normalized spacial score (nSPS) is 19.3. The Hall–Kier alpha value is -3.00. The van der Waals surface area contributed by atoms with Crippen LogP contribution in [0.4, 0.5) is 5.69 Å². The number of nitrogens with zero attached hydrogens (tertiary/aromatic N) is 4. The van der Waals surface area contributed by atoms with E-state index in [0.29, 0.717) is 34.9 Å². The van der Waals surface area contributed by atoms with Crippen molar-refractivity contribution in [3.63, 3.8) is 0 Å². The van der Waals surface area contributed by atoms with Gasteiger partial charge in [-0.3, -0.25) is 14.6 Å². The summed E-state index contributed by atoms with van der Waals surface area (Å²) in [6.07, 6.45) is 9.09. The van der Waals surface area contributed by atoms with Crippen LogP contribution in [0.25, 0.3) is 5.65 Å². The van der Waals surface area contributed by atoms with E-state index in [1.165, 1.54) is 16.9 Å². The molecule has 1 saturated carbocycles. The van der Waals surface area contributed by atoms with E-state index in [2.05, 4.69) is 25.7 Å². The molecule has 0 unspecified atom stereocenters. The fourth-order valence-electron chi connectivity index (χ4n) is 3.45. The Bertz CT molecular complexity index is 1010. The number of anilines is 1. The molecule has 0 saturated heterocycles. The first-order valence-corrected chi connectivity index (χ1v) is 9.49. The van der Waals surface area contributed by atoms with Crippen molar-refractivity contribution in [2.75, 3.05) is 5.32 Å². The lowest BCUT2D eigenvalue weighted by molar-refractivity contribution is -0.120. The van der Waals surface area contributed by atoms with Crippen molar-refractivity contribution in [1.29, 1.82) is 0 Å². The van der Waals surface area contributed by atoms with Crippen LogP contribution in [0.5, 0.6) is 0 Å². The van der Waals surface area contributed by atoms with E-state index in [0.717, 1.165) is 12.8 Å². The van der Waals surface area contributed by atoms with Gasteiger partial charge in [0.25, 0.3) is 5.91 Å². The van der Waals surface area contributed by atoms with E-state index in [4.69, 9.17) is 11.6 Å². The molecule has 0 bridgehead atoms. The van der Waals surface area contributed by atoms with Gasteiger partial charge >= 0.3 is 0 Å². The SMILES string of the molecule is O=C(N[C@H]1CC[C@H](C(=O)Nc2ccncc2Cl)CC1)c1cnc2cccnn12. The maximum atomic E-state index is 12.6. The molecular formula is C19H19ClN6O2. The number of carbonyl (C=O) groups excluding carboxylic acids is 2. The molecule has 1 fully saturated rings. The van der Waals surface area contributed by atoms with E-state index in [9.17, 15) is 9.59 Å². The summed E-state index contributed by atoms with van der Waals surface area (Å²) in [5.41, 5.74) is 1.60. The number of pyridine rings is 1. The van der Waals surface area contributed by atoms with Crippen LogP contribution >= 0.6 is 11.6 Å². The second-order valence-corrected chi connectivity index (χ2v) is 7.21. The molecule has 28 heavy (non-hydrogen) atoms. The highest BCUT2D eigenvalue weighted by Crippen LogP contribution is 2.27. The van der Waals surface area contributed by atoms with Crippen LogP contribution < -0.4 is 10.6 Å². The molecule has 0 spiro atoms. The minimum atomic E-state index is -0.206. The van der Waals surface area contributed by atoms with E-state index in [-0.39, 0.29) is 23.8 Å². The van der Waals surface area contributed by atoms with E-state index in [1.807, 2.05) is 0 Å². The van der Waals surface area contributed by atoms with Crippen LogP contribution in [0.3, 0.4) is 0 Å². The quantitative estimate of drug-likeness (QED) is 0.703. The van der Waals surface area contributed by atoms with Gasteiger partial charge in [-0.2, -0.15) is 5.10 Å². The number of aromatic nitrogens is 4. The molecule has 2 amide bonds. The topological polar surface area (TPSA) is 101 Å². The van der Waals surface area contributed by atoms with Crippen LogP contribution in [-0.2, 0) is 4.79 Å². The molecule has 0 aliphatic heterocycles. The standard InChI is InChI=1S/C19H19ClN6O2/c20-14-10-21-9-7-15(14)25-18(27)12-3-5-13(6-4-12)24-19(28)16-11-22-17-2-1-8-23-26(16)17/h1-2,7-13H,3-6H2,(H,24,28)(H,21,25,27)/t12-,13-. The Morgan fingerprint density at radius 2 is 1.93 bits per heavy atom. The summed E-state index contributed by atoms with van der Waals surface area (Å²) in [6, 6.07) is 5.27. The molecule has 9 heteroatoms. The predicted molar refractivity (Wildman–Crippen MR) is 104 cm³/mol. The summed E-state index contributed by atoms with van der Waals surface area (Å²) < 4.78 is 1.52. The van der Waals surface area contributed by atoms with E-state index in [1.54, 1.807) is 30.6 Å². The summed E-state index contributed by atoms with van der Waals surface area (Å²) in [5.74, 6) is -0.360. The van der Waals surface area contributed by atoms with Crippen molar-refractivity contribution in [2.45, 2.75) is 31.7 Å². The first-order chi connectivity index (χ1) is 13.6. The third-order valence-corrected chi connectivity index (χ3v) is 5.28. The molecule has 8 nitrogen and oxygen atoms in total. The number of fused-ring (bicyclic) bond motifs is 1. The van der Waals surface area contributed by atoms with Gasteiger partial charge in [0.15, 0.2) is 5.65 Å². The zero-order valence-electron chi connectivity index (χ0n) is 15.0. The van der Waals surface area contributed by atoms with Gasteiger partial charge < -0.3 is 10.6 Å². The van der Waals surface area contributed by atoms with Gasteiger partial charge in [0.05, 0.1) is 16.9 Å². The summed E-state index contributed by atoms with van der Waals surface area (Å²) >= 11 is 6.04.